The first kappa shape index (κ1) is 14.8. The fourth-order valence-corrected chi connectivity index (χ4v) is 4.26. The van der Waals surface area contributed by atoms with Crippen LogP contribution in [0.15, 0.2) is 28.7 Å². The van der Waals surface area contributed by atoms with Gasteiger partial charge in [0.25, 0.3) is 0 Å². The molecule has 21 heavy (non-hydrogen) atoms. The second-order valence-corrected chi connectivity index (χ2v) is 7.36. The van der Waals surface area contributed by atoms with E-state index in [2.05, 4.69) is 15.9 Å². The lowest BCUT2D eigenvalue weighted by molar-refractivity contribution is -0.156. The summed E-state index contributed by atoms with van der Waals surface area (Å²) in [6, 6.07) is 7.64. The molecule has 1 aliphatic heterocycles. The van der Waals surface area contributed by atoms with Crippen molar-refractivity contribution in [2.75, 3.05) is 0 Å². The van der Waals surface area contributed by atoms with E-state index in [1.54, 1.807) is 0 Å². The number of piperidine rings is 1. The summed E-state index contributed by atoms with van der Waals surface area (Å²) in [4.78, 5) is 26.6. The van der Waals surface area contributed by atoms with Gasteiger partial charge in [0.15, 0.2) is 0 Å². The monoisotopic (exact) mass is 349 g/mol. The molecule has 1 aliphatic carbocycles. The number of hydrogen-bond acceptors (Lipinski definition) is 2. The zero-order valence-electron chi connectivity index (χ0n) is 12.3. The molecule has 0 bridgehead atoms. The molecular weight excluding hydrogens is 330 g/mol. The lowest BCUT2D eigenvalue weighted by Gasteiger charge is -2.40. The van der Waals surface area contributed by atoms with Crippen LogP contribution >= 0.6 is 15.9 Å². The van der Waals surface area contributed by atoms with Gasteiger partial charge in [-0.15, -0.1) is 0 Å². The molecule has 1 saturated carbocycles. The molecule has 3 nitrogen and oxygen atoms in total. The van der Waals surface area contributed by atoms with Crippen molar-refractivity contribution in [3.63, 3.8) is 0 Å². The van der Waals surface area contributed by atoms with E-state index >= 15 is 0 Å². The van der Waals surface area contributed by atoms with E-state index in [-0.39, 0.29) is 23.3 Å². The maximum absolute atomic E-state index is 12.6. The molecule has 0 aromatic heterocycles. The Morgan fingerprint density at radius 2 is 1.76 bits per heavy atom. The van der Waals surface area contributed by atoms with Crippen LogP contribution in [0.1, 0.15) is 57.1 Å². The van der Waals surface area contributed by atoms with E-state index in [1.807, 2.05) is 31.2 Å². The smallest absolute Gasteiger partial charge is 0.230 e. The minimum Gasteiger partial charge on any atom is -0.275 e. The minimum atomic E-state index is -0.193. The number of benzene rings is 1. The summed E-state index contributed by atoms with van der Waals surface area (Å²) in [6.45, 7) is 1.93. The van der Waals surface area contributed by atoms with Crippen molar-refractivity contribution >= 4 is 27.7 Å². The zero-order valence-corrected chi connectivity index (χ0v) is 13.9. The van der Waals surface area contributed by atoms with Crippen molar-refractivity contribution in [1.82, 2.24) is 4.90 Å². The van der Waals surface area contributed by atoms with Gasteiger partial charge in [0.1, 0.15) is 0 Å². The van der Waals surface area contributed by atoms with E-state index < -0.39 is 0 Å². The quantitative estimate of drug-likeness (QED) is 0.749. The van der Waals surface area contributed by atoms with Crippen LogP contribution in [-0.4, -0.2) is 16.7 Å². The van der Waals surface area contributed by atoms with Crippen molar-refractivity contribution in [3.05, 3.63) is 34.3 Å². The van der Waals surface area contributed by atoms with Crippen LogP contribution in [0.3, 0.4) is 0 Å². The number of likely N-dealkylation sites (tertiary alicyclic amines) is 1. The Labute approximate surface area is 133 Å². The van der Waals surface area contributed by atoms with Gasteiger partial charge >= 0.3 is 0 Å². The second-order valence-electron chi connectivity index (χ2n) is 6.45. The molecular formula is C17H20BrNO2. The van der Waals surface area contributed by atoms with Gasteiger partial charge < -0.3 is 0 Å². The molecule has 1 aromatic rings. The van der Waals surface area contributed by atoms with Crippen LogP contribution < -0.4 is 0 Å². The highest BCUT2D eigenvalue weighted by Crippen LogP contribution is 2.48. The van der Waals surface area contributed by atoms with Gasteiger partial charge in [0, 0.05) is 17.3 Å². The van der Waals surface area contributed by atoms with Gasteiger partial charge in [-0.3, -0.25) is 14.5 Å². The van der Waals surface area contributed by atoms with Crippen molar-refractivity contribution in [1.29, 1.82) is 0 Å². The summed E-state index contributed by atoms with van der Waals surface area (Å²) in [5.74, 6) is 0.00116. The van der Waals surface area contributed by atoms with Gasteiger partial charge in [-0.2, -0.15) is 0 Å². The Hall–Kier alpha value is -1.16. The lowest BCUT2D eigenvalue weighted by Crippen LogP contribution is -2.48. The highest BCUT2D eigenvalue weighted by atomic mass is 79.9. The molecule has 1 atom stereocenters. The molecule has 1 unspecified atom stereocenters. The second kappa shape index (κ2) is 5.56. The molecule has 4 heteroatoms. The molecule has 1 spiro atoms. The summed E-state index contributed by atoms with van der Waals surface area (Å²) < 4.78 is 0.969. The minimum absolute atomic E-state index is 0.000579. The average molecular weight is 350 g/mol. The SMILES string of the molecule is CC(c1cccc(Br)c1)N1C(=O)CC2(CCCC2)CC1=O. The van der Waals surface area contributed by atoms with Crippen LogP contribution in [0, 0.1) is 5.41 Å². The summed E-state index contributed by atoms with van der Waals surface area (Å²) in [6.07, 6.45) is 5.45. The maximum Gasteiger partial charge on any atom is 0.230 e. The predicted octanol–water partition coefficient (Wildman–Crippen LogP) is 4.22. The molecule has 0 radical (unpaired) electrons. The van der Waals surface area contributed by atoms with Crippen molar-refractivity contribution < 1.29 is 9.59 Å². The molecule has 2 fully saturated rings. The van der Waals surface area contributed by atoms with Crippen molar-refractivity contribution in [3.8, 4) is 0 Å². The molecule has 2 aliphatic rings. The third kappa shape index (κ3) is 2.78. The van der Waals surface area contributed by atoms with Crippen LogP contribution in [0.2, 0.25) is 0 Å². The van der Waals surface area contributed by atoms with E-state index in [1.165, 1.54) is 4.90 Å². The molecule has 1 heterocycles. The molecule has 1 saturated heterocycles. The molecule has 1 aromatic carbocycles. The number of imide groups is 1. The van der Waals surface area contributed by atoms with Crippen molar-refractivity contribution in [2.24, 2.45) is 5.41 Å². The number of nitrogens with zero attached hydrogens (tertiary/aromatic N) is 1. The Bertz CT molecular complexity index is 558. The Balaban J connectivity index is 1.82. The average Bonchev–Trinajstić information content (AvgIpc) is 2.85. The standard InChI is InChI=1S/C17H20BrNO2/c1-12(13-5-4-6-14(18)9-13)19-15(20)10-17(11-16(19)21)7-2-3-8-17/h4-6,9,12H,2-3,7-8,10-11H2,1H3. The zero-order chi connectivity index (χ0) is 15.0. The number of carbonyl (C=O) groups is 2. The Morgan fingerprint density at radius 1 is 1.14 bits per heavy atom. The fraction of sp³-hybridized carbons (Fsp3) is 0.529. The summed E-state index contributed by atoms with van der Waals surface area (Å²) in [7, 11) is 0. The third-order valence-electron chi connectivity index (χ3n) is 4.97. The van der Waals surface area contributed by atoms with E-state index in [0.29, 0.717) is 12.8 Å². The number of carbonyl (C=O) groups excluding carboxylic acids is 2. The number of rotatable bonds is 2. The fourth-order valence-electron chi connectivity index (χ4n) is 3.84. The van der Waals surface area contributed by atoms with Crippen LogP contribution in [0.5, 0.6) is 0 Å². The first-order chi connectivity index (χ1) is 10.0. The van der Waals surface area contributed by atoms with Gasteiger partial charge in [-0.1, -0.05) is 40.9 Å². The Kier molecular flexibility index (Phi) is 3.91. The predicted molar refractivity (Wildman–Crippen MR) is 84.5 cm³/mol. The maximum atomic E-state index is 12.6. The normalized spacial score (nSPS) is 22.9. The number of halogens is 1. The first-order valence-corrected chi connectivity index (χ1v) is 8.40. The number of hydrogen-bond donors (Lipinski definition) is 0. The first-order valence-electron chi connectivity index (χ1n) is 7.61. The highest BCUT2D eigenvalue weighted by Gasteiger charge is 2.46. The van der Waals surface area contributed by atoms with Gasteiger partial charge in [-0.05, 0) is 42.9 Å². The summed E-state index contributed by atoms with van der Waals surface area (Å²) in [5, 5.41) is 0. The topological polar surface area (TPSA) is 37.4 Å². The molecule has 112 valence electrons. The van der Waals surface area contributed by atoms with E-state index in [9.17, 15) is 9.59 Å². The van der Waals surface area contributed by atoms with Crippen LogP contribution in [0.25, 0.3) is 0 Å². The summed E-state index contributed by atoms with van der Waals surface area (Å²) >= 11 is 3.45. The largest absolute Gasteiger partial charge is 0.275 e. The van der Waals surface area contributed by atoms with Gasteiger partial charge in [-0.25, -0.2) is 0 Å². The molecule has 2 amide bonds. The number of amides is 2. The van der Waals surface area contributed by atoms with Gasteiger partial charge in [0.05, 0.1) is 6.04 Å². The van der Waals surface area contributed by atoms with E-state index in [0.717, 1.165) is 35.7 Å². The van der Waals surface area contributed by atoms with Crippen LogP contribution in [0.4, 0.5) is 0 Å². The van der Waals surface area contributed by atoms with E-state index in [4.69, 9.17) is 0 Å². The summed E-state index contributed by atoms with van der Waals surface area (Å²) in [5.41, 5.74) is 0.968. The molecule has 3 rings (SSSR count). The molecule has 0 N–H and O–H groups in total. The van der Waals surface area contributed by atoms with Crippen LogP contribution in [-0.2, 0) is 9.59 Å². The Morgan fingerprint density at radius 3 is 2.33 bits per heavy atom. The van der Waals surface area contributed by atoms with Gasteiger partial charge in [0.2, 0.25) is 11.8 Å². The lowest BCUT2D eigenvalue weighted by atomic mass is 9.76. The highest BCUT2D eigenvalue weighted by molar-refractivity contribution is 9.10. The third-order valence-corrected chi connectivity index (χ3v) is 5.47. The van der Waals surface area contributed by atoms with Crippen molar-refractivity contribution in [2.45, 2.75) is 51.5 Å².